The number of carbonyl (C=O) groups excluding carboxylic acids is 2. The number of nitrogens with zero attached hydrogens (tertiary/aromatic N) is 2. The van der Waals surface area contributed by atoms with Crippen molar-refractivity contribution in [1.29, 1.82) is 0 Å². The van der Waals surface area contributed by atoms with Crippen LogP contribution in [0.5, 0.6) is 5.75 Å². The summed E-state index contributed by atoms with van der Waals surface area (Å²) in [6.07, 6.45) is 3.87. The molecule has 1 saturated carbocycles. The lowest BCUT2D eigenvalue weighted by atomic mass is 9.81. The second kappa shape index (κ2) is 6.71. The predicted octanol–water partition coefficient (Wildman–Crippen LogP) is 2.26. The van der Waals surface area contributed by atoms with Crippen LogP contribution >= 0.6 is 0 Å². The van der Waals surface area contributed by atoms with Crippen molar-refractivity contribution in [2.24, 2.45) is 11.8 Å². The van der Waals surface area contributed by atoms with Crippen LogP contribution in [0.25, 0.3) is 0 Å². The zero-order valence-electron chi connectivity index (χ0n) is 13.8. The van der Waals surface area contributed by atoms with Gasteiger partial charge in [0, 0.05) is 6.54 Å². The molecule has 1 aliphatic heterocycles. The van der Waals surface area contributed by atoms with Crippen molar-refractivity contribution in [3.8, 4) is 5.75 Å². The highest BCUT2D eigenvalue weighted by molar-refractivity contribution is 6.05. The number of imide groups is 1. The quantitative estimate of drug-likeness (QED) is 0.782. The zero-order valence-corrected chi connectivity index (χ0v) is 13.8. The summed E-state index contributed by atoms with van der Waals surface area (Å²) in [7, 11) is 3.58. The Morgan fingerprint density at radius 3 is 2.17 bits per heavy atom. The van der Waals surface area contributed by atoms with E-state index >= 15 is 0 Å². The summed E-state index contributed by atoms with van der Waals surface area (Å²) in [5.74, 6) is 0.754. The summed E-state index contributed by atoms with van der Waals surface area (Å²) < 4.78 is 5.15. The summed E-state index contributed by atoms with van der Waals surface area (Å²) in [6.45, 7) is 1.06. The summed E-state index contributed by atoms with van der Waals surface area (Å²) in [6, 6.07) is 7.85. The van der Waals surface area contributed by atoms with Gasteiger partial charge in [-0.15, -0.1) is 0 Å². The highest BCUT2D eigenvalue weighted by atomic mass is 16.5. The van der Waals surface area contributed by atoms with Crippen LogP contribution < -0.4 is 4.74 Å². The molecule has 5 nitrogen and oxygen atoms in total. The monoisotopic (exact) mass is 316 g/mol. The van der Waals surface area contributed by atoms with Gasteiger partial charge in [0.25, 0.3) is 0 Å². The highest BCUT2D eigenvalue weighted by Gasteiger charge is 2.48. The second-order valence-electron chi connectivity index (χ2n) is 6.61. The van der Waals surface area contributed by atoms with E-state index in [0.717, 1.165) is 37.0 Å². The molecule has 0 aromatic heterocycles. The van der Waals surface area contributed by atoms with Crippen molar-refractivity contribution in [3.05, 3.63) is 29.8 Å². The molecule has 0 bridgehead atoms. The molecule has 1 aliphatic carbocycles. The van der Waals surface area contributed by atoms with Crippen molar-refractivity contribution in [2.45, 2.75) is 32.2 Å². The lowest BCUT2D eigenvalue weighted by Crippen LogP contribution is -2.40. The minimum absolute atomic E-state index is 0.0290. The first kappa shape index (κ1) is 16.0. The largest absolute Gasteiger partial charge is 0.497 e. The highest BCUT2D eigenvalue weighted by Crippen LogP contribution is 2.37. The molecular weight excluding hydrogens is 292 g/mol. The molecule has 1 aromatic carbocycles. The van der Waals surface area contributed by atoms with Gasteiger partial charge in [0.05, 0.1) is 25.6 Å². The number of fused-ring (bicyclic) bond motifs is 1. The SMILES string of the molecule is COc1ccc(CN(C)CN2C(=O)[C@H]3CCCC[C@@H]3C2=O)cc1. The van der Waals surface area contributed by atoms with E-state index in [1.807, 2.05) is 36.2 Å². The van der Waals surface area contributed by atoms with Crippen molar-refractivity contribution < 1.29 is 14.3 Å². The van der Waals surface area contributed by atoms with Crippen molar-refractivity contribution in [1.82, 2.24) is 9.80 Å². The first-order valence-corrected chi connectivity index (χ1v) is 8.27. The minimum Gasteiger partial charge on any atom is -0.497 e. The van der Waals surface area contributed by atoms with Crippen LogP contribution in [0.1, 0.15) is 31.2 Å². The van der Waals surface area contributed by atoms with Gasteiger partial charge in [0.15, 0.2) is 0 Å². The number of benzene rings is 1. The van der Waals surface area contributed by atoms with Crippen molar-refractivity contribution in [2.75, 3.05) is 20.8 Å². The minimum atomic E-state index is -0.0642. The van der Waals surface area contributed by atoms with E-state index < -0.39 is 0 Å². The van der Waals surface area contributed by atoms with Gasteiger partial charge in [-0.1, -0.05) is 25.0 Å². The molecule has 1 aromatic rings. The van der Waals surface area contributed by atoms with Crippen molar-refractivity contribution >= 4 is 11.8 Å². The molecule has 0 N–H and O–H groups in total. The molecule has 1 saturated heterocycles. The molecule has 2 atom stereocenters. The molecule has 2 aliphatic rings. The number of carbonyl (C=O) groups is 2. The number of likely N-dealkylation sites (tertiary alicyclic amines) is 1. The molecule has 0 unspecified atom stereocenters. The number of methoxy groups -OCH3 is 1. The lowest BCUT2D eigenvalue weighted by Gasteiger charge is -2.23. The Kier molecular flexibility index (Phi) is 4.66. The molecule has 3 rings (SSSR count). The normalized spacial score (nSPS) is 24.2. The van der Waals surface area contributed by atoms with Crippen molar-refractivity contribution in [3.63, 3.8) is 0 Å². The summed E-state index contributed by atoms with van der Waals surface area (Å²) >= 11 is 0. The van der Waals surface area contributed by atoms with Gasteiger partial charge in [0.2, 0.25) is 11.8 Å². The summed E-state index contributed by atoms with van der Waals surface area (Å²) in [4.78, 5) is 28.4. The average molecular weight is 316 g/mol. The smallest absolute Gasteiger partial charge is 0.234 e. The lowest BCUT2D eigenvalue weighted by molar-refractivity contribution is -0.142. The fraction of sp³-hybridized carbons (Fsp3) is 0.556. The molecule has 23 heavy (non-hydrogen) atoms. The molecule has 0 radical (unpaired) electrons. The van der Waals surface area contributed by atoms with Crippen LogP contribution in [-0.4, -0.2) is 42.4 Å². The van der Waals surface area contributed by atoms with Crippen LogP contribution in [0, 0.1) is 11.8 Å². The van der Waals surface area contributed by atoms with E-state index in [1.54, 1.807) is 7.11 Å². The Morgan fingerprint density at radius 1 is 1.09 bits per heavy atom. The maximum Gasteiger partial charge on any atom is 0.234 e. The van der Waals surface area contributed by atoms with E-state index in [1.165, 1.54) is 4.90 Å². The van der Waals surface area contributed by atoms with Gasteiger partial charge in [-0.05, 0) is 37.6 Å². The molecule has 1 heterocycles. The third-order valence-corrected chi connectivity index (χ3v) is 4.93. The van der Waals surface area contributed by atoms with Gasteiger partial charge in [-0.3, -0.25) is 19.4 Å². The number of amides is 2. The molecular formula is C18H24N2O3. The van der Waals surface area contributed by atoms with Crippen LogP contribution in [-0.2, 0) is 16.1 Å². The van der Waals surface area contributed by atoms with E-state index in [0.29, 0.717) is 13.2 Å². The maximum atomic E-state index is 12.5. The van der Waals surface area contributed by atoms with E-state index in [4.69, 9.17) is 4.74 Å². The predicted molar refractivity (Wildman–Crippen MR) is 86.6 cm³/mol. The Morgan fingerprint density at radius 2 is 1.65 bits per heavy atom. The fourth-order valence-electron chi connectivity index (χ4n) is 3.70. The molecule has 2 amide bonds. The van der Waals surface area contributed by atoms with Crippen LogP contribution in [0.3, 0.4) is 0 Å². The molecule has 124 valence electrons. The number of rotatable bonds is 5. The van der Waals surface area contributed by atoms with Gasteiger partial charge in [0.1, 0.15) is 5.75 Å². The van der Waals surface area contributed by atoms with Crippen LogP contribution in [0.2, 0.25) is 0 Å². The number of hydrogen-bond donors (Lipinski definition) is 0. The van der Waals surface area contributed by atoms with Gasteiger partial charge in [-0.2, -0.15) is 0 Å². The Labute approximate surface area is 137 Å². The van der Waals surface area contributed by atoms with E-state index in [-0.39, 0.29) is 23.7 Å². The Bertz CT molecular complexity index is 560. The Hall–Kier alpha value is -1.88. The molecule has 5 heteroatoms. The third kappa shape index (κ3) is 3.24. The second-order valence-corrected chi connectivity index (χ2v) is 6.61. The van der Waals surface area contributed by atoms with Crippen LogP contribution in [0.4, 0.5) is 0 Å². The average Bonchev–Trinajstić information content (AvgIpc) is 2.81. The summed E-state index contributed by atoms with van der Waals surface area (Å²) in [5, 5.41) is 0. The van der Waals surface area contributed by atoms with Gasteiger partial charge >= 0.3 is 0 Å². The van der Waals surface area contributed by atoms with Gasteiger partial charge < -0.3 is 4.74 Å². The zero-order chi connectivity index (χ0) is 16.4. The van der Waals surface area contributed by atoms with Crippen LogP contribution in [0.15, 0.2) is 24.3 Å². The first-order chi connectivity index (χ1) is 11.1. The third-order valence-electron chi connectivity index (χ3n) is 4.93. The fourth-order valence-corrected chi connectivity index (χ4v) is 3.70. The first-order valence-electron chi connectivity index (χ1n) is 8.27. The maximum absolute atomic E-state index is 12.5. The number of hydrogen-bond acceptors (Lipinski definition) is 4. The standard InChI is InChI=1S/C18H24N2O3/c1-19(11-13-7-9-14(23-2)10-8-13)12-20-17(21)15-5-3-4-6-16(15)18(20)22/h7-10,15-16H,3-6,11-12H2,1-2H3/t15-,16-/m0/s1. The topological polar surface area (TPSA) is 49.9 Å². The number of ether oxygens (including phenoxy) is 1. The van der Waals surface area contributed by atoms with E-state index in [2.05, 4.69) is 0 Å². The Balaban J connectivity index is 1.61. The van der Waals surface area contributed by atoms with Gasteiger partial charge in [-0.25, -0.2) is 0 Å². The van der Waals surface area contributed by atoms with E-state index in [9.17, 15) is 9.59 Å². The summed E-state index contributed by atoms with van der Waals surface area (Å²) in [5.41, 5.74) is 1.13. The molecule has 0 spiro atoms. The molecule has 2 fully saturated rings.